The highest BCUT2D eigenvalue weighted by molar-refractivity contribution is 6.31. The van der Waals surface area contributed by atoms with Crippen molar-refractivity contribution in [3.8, 4) is 5.75 Å². The Kier molecular flexibility index (Phi) is 4.81. The molecule has 1 aromatic carbocycles. The van der Waals surface area contributed by atoms with Crippen LogP contribution < -0.4 is 10.1 Å². The Balaban J connectivity index is 1.98. The van der Waals surface area contributed by atoms with E-state index in [-0.39, 0.29) is 5.91 Å². The van der Waals surface area contributed by atoms with Crippen molar-refractivity contribution in [3.05, 3.63) is 52.7 Å². The molecule has 1 aromatic heterocycles. The molecule has 1 N–H and O–H groups in total. The molecule has 2 rings (SSSR count). The van der Waals surface area contributed by atoms with Crippen molar-refractivity contribution in [2.45, 2.75) is 26.9 Å². The van der Waals surface area contributed by atoms with E-state index < -0.39 is 6.10 Å². The maximum absolute atomic E-state index is 12.1. The van der Waals surface area contributed by atoms with Crippen molar-refractivity contribution in [1.29, 1.82) is 0 Å². The first-order chi connectivity index (χ1) is 9.95. The smallest absolute Gasteiger partial charge is 0.266 e. The van der Waals surface area contributed by atoms with Gasteiger partial charge in [-0.05, 0) is 56.2 Å². The number of hydrogen-bond donors (Lipinski definition) is 1. The number of benzene rings is 1. The summed E-state index contributed by atoms with van der Waals surface area (Å²) in [5.74, 6) is 0.865. The SMILES string of the molecule is Cc1ccc(NC(=O)C(C)Oc2ccc(Cl)c(C)c2)nc1. The Bertz CT molecular complexity index is 641. The normalized spacial score (nSPS) is 11.8. The van der Waals surface area contributed by atoms with Crippen LogP contribution in [0.1, 0.15) is 18.1 Å². The van der Waals surface area contributed by atoms with E-state index in [1.54, 1.807) is 37.4 Å². The van der Waals surface area contributed by atoms with Crippen LogP contribution >= 0.6 is 11.6 Å². The highest BCUT2D eigenvalue weighted by Crippen LogP contribution is 2.22. The van der Waals surface area contributed by atoms with Crippen molar-refractivity contribution >= 4 is 23.3 Å². The van der Waals surface area contributed by atoms with E-state index in [0.29, 0.717) is 16.6 Å². The van der Waals surface area contributed by atoms with Crippen LogP contribution in [0.15, 0.2) is 36.5 Å². The number of carbonyl (C=O) groups is 1. The van der Waals surface area contributed by atoms with Gasteiger partial charge in [0.15, 0.2) is 6.10 Å². The Labute approximate surface area is 129 Å². The van der Waals surface area contributed by atoms with Gasteiger partial charge in [-0.3, -0.25) is 4.79 Å². The largest absolute Gasteiger partial charge is 0.481 e. The third-order valence-electron chi connectivity index (χ3n) is 2.97. The van der Waals surface area contributed by atoms with Crippen molar-refractivity contribution in [3.63, 3.8) is 0 Å². The lowest BCUT2D eigenvalue weighted by Gasteiger charge is -2.15. The topological polar surface area (TPSA) is 51.2 Å². The fraction of sp³-hybridized carbons (Fsp3) is 0.250. The molecule has 0 radical (unpaired) electrons. The molecule has 1 amide bonds. The van der Waals surface area contributed by atoms with Gasteiger partial charge in [-0.15, -0.1) is 0 Å². The number of hydrogen-bond acceptors (Lipinski definition) is 3. The van der Waals surface area contributed by atoms with E-state index in [4.69, 9.17) is 16.3 Å². The van der Waals surface area contributed by atoms with E-state index in [2.05, 4.69) is 10.3 Å². The Morgan fingerprint density at radius 3 is 2.67 bits per heavy atom. The van der Waals surface area contributed by atoms with Crippen LogP contribution in [0.3, 0.4) is 0 Å². The Morgan fingerprint density at radius 1 is 1.29 bits per heavy atom. The average molecular weight is 305 g/mol. The standard InChI is InChI=1S/C16H17ClN2O2/c1-10-4-7-15(18-9-10)19-16(20)12(3)21-13-5-6-14(17)11(2)8-13/h4-9,12H,1-3H3,(H,18,19,20). The molecule has 0 saturated heterocycles. The van der Waals surface area contributed by atoms with Crippen LogP contribution in [0, 0.1) is 13.8 Å². The van der Waals surface area contributed by atoms with Crippen LogP contribution in [-0.4, -0.2) is 17.0 Å². The lowest BCUT2D eigenvalue weighted by molar-refractivity contribution is -0.122. The second kappa shape index (κ2) is 6.59. The predicted octanol–water partition coefficient (Wildman–Crippen LogP) is 3.76. The lowest BCUT2D eigenvalue weighted by atomic mass is 10.2. The van der Waals surface area contributed by atoms with E-state index in [1.165, 1.54) is 0 Å². The maximum Gasteiger partial charge on any atom is 0.266 e. The third kappa shape index (κ3) is 4.20. The molecule has 21 heavy (non-hydrogen) atoms. The van der Waals surface area contributed by atoms with E-state index in [9.17, 15) is 4.79 Å². The monoisotopic (exact) mass is 304 g/mol. The number of rotatable bonds is 4. The van der Waals surface area contributed by atoms with Crippen LogP contribution in [0.25, 0.3) is 0 Å². The minimum absolute atomic E-state index is 0.251. The van der Waals surface area contributed by atoms with Crippen molar-refractivity contribution < 1.29 is 9.53 Å². The summed E-state index contributed by atoms with van der Waals surface area (Å²) in [4.78, 5) is 16.2. The first kappa shape index (κ1) is 15.3. The van der Waals surface area contributed by atoms with Crippen LogP contribution in [0.4, 0.5) is 5.82 Å². The number of ether oxygens (including phenoxy) is 1. The van der Waals surface area contributed by atoms with Gasteiger partial charge < -0.3 is 10.1 Å². The molecule has 2 aromatic rings. The molecular formula is C16H17ClN2O2. The molecule has 0 spiro atoms. The van der Waals surface area contributed by atoms with Gasteiger partial charge in [-0.2, -0.15) is 0 Å². The number of nitrogens with zero attached hydrogens (tertiary/aromatic N) is 1. The molecule has 1 heterocycles. The summed E-state index contributed by atoms with van der Waals surface area (Å²) >= 11 is 5.96. The molecular weight excluding hydrogens is 288 g/mol. The fourth-order valence-corrected chi connectivity index (χ4v) is 1.84. The molecule has 1 unspecified atom stereocenters. The molecule has 4 nitrogen and oxygen atoms in total. The van der Waals surface area contributed by atoms with Crippen LogP contribution in [0.5, 0.6) is 5.75 Å². The van der Waals surface area contributed by atoms with Crippen molar-refractivity contribution in [1.82, 2.24) is 4.98 Å². The Morgan fingerprint density at radius 2 is 2.05 bits per heavy atom. The first-order valence-corrected chi connectivity index (χ1v) is 7.00. The Hall–Kier alpha value is -2.07. The number of halogens is 1. The van der Waals surface area contributed by atoms with Crippen LogP contribution in [-0.2, 0) is 4.79 Å². The molecule has 0 bridgehead atoms. The highest BCUT2D eigenvalue weighted by atomic mass is 35.5. The molecule has 0 fully saturated rings. The number of anilines is 1. The highest BCUT2D eigenvalue weighted by Gasteiger charge is 2.15. The zero-order chi connectivity index (χ0) is 15.4. The molecule has 0 aliphatic heterocycles. The van der Waals surface area contributed by atoms with Gasteiger partial charge in [0, 0.05) is 11.2 Å². The van der Waals surface area contributed by atoms with Gasteiger partial charge in [-0.25, -0.2) is 4.98 Å². The predicted molar refractivity (Wildman–Crippen MR) is 83.9 cm³/mol. The van der Waals surface area contributed by atoms with E-state index in [1.807, 2.05) is 19.9 Å². The molecule has 0 aliphatic rings. The van der Waals surface area contributed by atoms with Gasteiger partial charge in [0.2, 0.25) is 0 Å². The molecule has 1 atom stereocenters. The molecule has 5 heteroatoms. The number of carbonyl (C=O) groups excluding carboxylic acids is 1. The van der Waals surface area contributed by atoms with E-state index >= 15 is 0 Å². The van der Waals surface area contributed by atoms with Gasteiger partial charge in [-0.1, -0.05) is 17.7 Å². The van der Waals surface area contributed by atoms with Gasteiger partial charge >= 0.3 is 0 Å². The molecule has 0 saturated carbocycles. The van der Waals surface area contributed by atoms with Crippen LogP contribution in [0.2, 0.25) is 5.02 Å². The summed E-state index contributed by atoms with van der Waals surface area (Å²) in [6.45, 7) is 5.51. The zero-order valence-electron chi connectivity index (χ0n) is 12.2. The third-order valence-corrected chi connectivity index (χ3v) is 3.40. The van der Waals surface area contributed by atoms with Crippen molar-refractivity contribution in [2.75, 3.05) is 5.32 Å². The quantitative estimate of drug-likeness (QED) is 0.935. The van der Waals surface area contributed by atoms with Gasteiger partial charge in [0.05, 0.1) is 0 Å². The van der Waals surface area contributed by atoms with Crippen molar-refractivity contribution in [2.24, 2.45) is 0 Å². The minimum atomic E-state index is -0.631. The zero-order valence-corrected chi connectivity index (χ0v) is 12.9. The fourth-order valence-electron chi connectivity index (χ4n) is 1.72. The lowest BCUT2D eigenvalue weighted by Crippen LogP contribution is -2.30. The van der Waals surface area contributed by atoms with E-state index in [0.717, 1.165) is 11.1 Å². The summed E-state index contributed by atoms with van der Waals surface area (Å²) in [6.07, 6.45) is 1.07. The summed E-state index contributed by atoms with van der Waals surface area (Å²) in [7, 11) is 0. The number of nitrogens with one attached hydrogen (secondary N) is 1. The summed E-state index contributed by atoms with van der Waals surface area (Å²) < 4.78 is 5.61. The second-order valence-corrected chi connectivity index (χ2v) is 5.29. The summed E-state index contributed by atoms with van der Waals surface area (Å²) in [6, 6.07) is 8.93. The first-order valence-electron chi connectivity index (χ1n) is 6.62. The molecule has 0 aliphatic carbocycles. The summed E-state index contributed by atoms with van der Waals surface area (Å²) in [5.41, 5.74) is 1.94. The number of pyridine rings is 1. The number of amides is 1. The minimum Gasteiger partial charge on any atom is -0.481 e. The van der Waals surface area contributed by atoms with Gasteiger partial charge in [0.25, 0.3) is 5.91 Å². The average Bonchev–Trinajstić information content (AvgIpc) is 2.45. The second-order valence-electron chi connectivity index (χ2n) is 4.88. The summed E-state index contributed by atoms with van der Waals surface area (Å²) in [5, 5.41) is 3.38. The number of aromatic nitrogens is 1. The maximum atomic E-state index is 12.1. The number of aryl methyl sites for hydroxylation is 2. The molecule has 110 valence electrons. The van der Waals surface area contributed by atoms with Gasteiger partial charge in [0.1, 0.15) is 11.6 Å².